The highest BCUT2D eigenvalue weighted by molar-refractivity contribution is 9.09. The summed E-state index contributed by atoms with van der Waals surface area (Å²) in [7, 11) is 2.08. The van der Waals surface area contributed by atoms with E-state index in [0.29, 0.717) is 0 Å². The van der Waals surface area contributed by atoms with Crippen molar-refractivity contribution in [2.45, 2.75) is 16.8 Å². The quantitative estimate of drug-likeness (QED) is 0.789. The van der Waals surface area contributed by atoms with Gasteiger partial charge in [0.25, 0.3) is 0 Å². The molecule has 1 aliphatic rings. The first-order valence-electron chi connectivity index (χ1n) is 5.23. The second kappa shape index (κ2) is 4.24. The minimum Gasteiger partial charge on any atom is -0.384 e. The van der Waals surface area contributed by atoms with Crippen molar-refractivity contribution >= 4 is 15.9 Å². The molecule has 2 nitrogen and oxygen atoms in total. The van der Waals surface area contributed by atoms with E-state index < -0.39 is 5.60 Å². The van der Waals surface area contributed by atoms with E-state index in [0.717, 1.165) is 25.1 Å². The van der Waals surface area contributed by atoms with Crippen LogP contribution in [-0.2, 0) is 5.60 Å². The van der Waals surface area contributed by atoms with Gasteiger partial charge < -0.3 is 10.0 Å². The van der Waals surface area contributed by atoms with Crippen LogP contribution in [0.3, 0.4) is 0 Å². The number of aliphatic hydroxyl groups is 1. The summed E-state index contributed by atoms with van der Waals surface area (Å²) in [6, 6.07) is 9.93. The Balaban J connectivity index is 2.27. The van der Waals surface area contributed by atoms with Crippen molar-refractivity contribution in [1.29, 1.82) is 0 Å². The fourth-order valence-corrected chi connectivity index (χ4v) is 3.07. The van der Waals surface area contributed by atoms with E-state index in [4.69, 9.17) is 0 Å². The predicted molar refractivity (Wildman–Crippen MR) is 65.2 cm³/mol. The minimum atomic E-state index is -0.715. The summed E-state index contributed by atoms with van der Waals surface area (Å²) in [5.41, 5.74) is 0.299. The largest absolute Gasteiger partial charge is 0.384 e. The van der Waals surface area contributed by atoms with Gasteiger partial charge in [-0.05, 0) is 19.0 Å². The van der Waals surface area contributed by atoms with Crippen molar-refractivity contribution in [3.63, 3.8) is 0 Å². The number of alkyl halides is 1. The third-order valence-corrected chi connectivity index (χ3v) is 4.19. The second-order valence-corrected chi connectivity index (χ2v) is 5.38. The predicted octanol–water partition coefficient (Wildman–Crippen LogP) is 1.97. The monoisotopic (exact) mass is 269 g/mol. The fourth-order valence-electron chi connectivity index (χ4n) is 2.09. The number of halogens is 1. The zero-order valence-corrected chi connectivity index (χ0v) is 10.4. The maximum Gasteiger partial charge on any atom is 0.105 e. The Morgan fingerprint density at radius 3 is 2.67 bits per heavy atom. The Morgan fingerprint density at radius 2 is 2.07 bits per heavy atom. The van der Waals surface area contributed by atoms with Crippen molar-refractivity contribution in [1.82, 2.24) is 4.90 Å². The van der Waals surface area contributed by atoms with E-state index in [2.05, 4.69) is 27.9 Å². The maximum absolute atomic E-state index is 10.7. The number of rotatable bonds is 1. The average Bonchev–Trinajstić information content (AvgIpc) is 2.25. The third kappa shape index (κ3) is 2.10. The molecule has 1 aromatic rings. The molecule has 3 heteroatoms. The van der Waals surface area contributed by atoms with Crippen LogP contribution < -0.4 is 0 Å². The molecule has 2 rings (SSSR count). The number of likely N-dealkylation sites (tertiary alicyclic amines) is 1. The summed E-state index contributed by atoms with van der Waals surface area (Å²) < 4.78 is 0. The molecule has 1 aliphatic heterocycles. The molecule has 2 atom stereocenters. The highest BCUT2D eigenvalue weighted by Crippen LogP contribution is 2.36. The molecule has 0 radical (unpaired) electrons. The van der Waals surface area contributed by atoms with Crippen molar-refractivity contribution < 1.29 is 5.11 Å². The highest BCUT2D eigenvalue weighted by Gasteiger charge is 2.40. The molecule has 82 valence electrons. The van der Waals surface area contributed by atoms with Gasteiger partial charge in [0, 0.05) is 13.1 Å². The molecule has 1 fully saturated rings. The summed E-state index contributed by atoms with van der Waals surface area (Å²) in [5, 5.41) is 10.7. The minimum absolute atomic E-state index is 0.103. The van der Waals surface area contributed by atoms with E-state index >= 15 is 0 Å². The van der Waals surface area contributed by atoms with Crippen molar-refractivity contribution in [3.05, 3.63) is 35.9 Å². The standard InChI is InChI=1S/C12H16BrNO/c1-14-8-7-12(15,11(13)9-14)10-5-3-2-4-6-10/h2-6,11,15H,7-9H2,1H3/t11-,12+/m1/s1. The highest BCUT2D eigenvalue weighted by atomic mass is 79.9. The molecule has 1 heterocycles. The van der Waals surface area contributed by atoms with E-state index in [-0.39, 0.29) is 4.83 Å². The molecule has 0 bridgehead atoms. The lowest BCUT2D eigenvalue weighted by molar-refractivity contribution is -0.0113. The van der Waals surface area contributed by atoms with Crippen LogP contribution in [0.1, 0.15) is 12.0 Å². The zero-order chi connectivity index (χ0) is 10.9. The molecule has 15 heavy (non-hydrogen) atoms. The van der Waals surface area contributed by atoms with Gasteiger partial charge >= 0.3 is 0 Å². The summed E-state index contributed by atoms with van der Waals surface area (Å²) in [6.07, 6.45) is 0.781. The molecule has 0 amide bonds. The summed E-state index contributed by atoms with van der Waals surface area (Å²) in [6.45, 7) is 1.82. The maximum atomic E-state index is 10.7. The second-order valence-electron chi connectivity index (χ2n) is 4.27. The molecule has 1 N–H and O–H groups in total. The Kier molecular flexibility index (Phi) is 3.14. The van der Waals surface area contributed by atoms with Crippen LogP contribution in [0.25, 0.3) is 0 Å². The fraction of sp³-hybridized carbons (Fsp3) is 0.500. The molecule has 0 aromatic heterocycles. The van der Waals surface area contributed by atoms with Gasteiger partial charge in [0.1, 0.15) is 5.60 Å². The van der Waals surface area contributed by atoms with Gasteiger partial charge in [0.05, 0.1) is 4.83 Å². The van der Waals surface area contributed by atoms with Gasteiger partial charge in [-0.2, -0.15) is 0 Å². The van der Waals surface area contributed by atoms with Crippen molar-refractivity contribution in [2.75, 3.05) is 20.1 Å². The number of hydrogen-bond donors (Lipinski definition) is 1. The first-order valence-corrected chi connectivity index (χ1v) is 6.15. The van der Waals surface area contributed by atoms with Crippen LogP contribution >= 0.6 is 15.9 Å². The van der Waals surface area contributed by atoms with Gasteiger partial charge in [-0.15, -0.1) is 0 Å². The van der Waals surface area contributed by atoms with E-state index in [1.807, 2.05) is 30.3 Å². The topological polar surface area (TPSA) is 23.5 Å². The first kappa shape index (κ1) is 11.1. The summed E-state index contributed by atoms with van der Waals surface area (Å²) >= 11 is 3.60. The van der Waals surface area contributed by atoms with Gasteiger partial charge in [0.2, 0.25) is 0 Å². The van der Waals surface area contributed by atoms with Crippen LogP contribution in [-0.4, -0.2) is 35.0 Å². The molecular formula is C12H16BrNO. The SMILES string of the molecule is CN1CC[C@](O)(c2ccccc2)[C@H](Br)C1. The normalized spacial score (nSPS) is 32.9. The third-order valence-electron chi connectivity index (χ3n) is 3.14. The van der Waals surface area contributed by atoms with Gasteiger partial charge in [-0.3, -0.25) is 0 Å². The molecular weight excluding hydrogens is 254 g/mol. The number of benzene rings is 1. The van der Waals surface area contributed by atoms with Crippen molar-refractivity contribution in [2.24, 2.45) is 0 Å². The average molecular weight is 270 g/mol. The smallest absolute Gasteiger partial charge is 0.105 e. The molecule has 0 saturated carbocycles. The first-order chi connectivity index (χ1) is 7.13. The molecule has 0 aliphatic carbocycles. The van der Waals surface area contributed by atoms with E-state index in [1.54, 1.807) is 0 Å². The molecule has 1 aromatic carbocycles. The van der Waals surface area contributed by atoms with Crippen molar-refractivity contribution in [3.8, 4) is 0 Å². The lowest BCUT2D eigenvalue weighted by Gasteiger charge is -2.41. The van der Waals surface area contributed by atoms with Crippen LogP contribution in [0.4, 0.5) is 0 Å². The summed E-state index contributed by atoms with van der Waals surface area (Å²) in [4.78, 5) is 2.34. The molecule has 0 unspecified atom stereocenters. The molecule has 1 saturated heterocycles. The number of hydrogen-bond acceptors (Lipinski definition) is 2. The summed E-state index contributed by atoms with van der Waals surface area (Å²) in [5.74, 6) is 0. The molecule has 0 spiro atoms. The van der Waals surface area contributed by atoms with Gasteiger partial charge in [0.15, 0.2) is 0 Å². The lowest BCUT2D eigenvalue weighted by atomic mass is 9.84. The van der Waals surface area contributed by atoms with Crippen LogP contribution in [0.15, 0.2) is 30.3 Å². The van der Waals surface area contributed by atoms with Crippen LogP contribution in [0.2, 0.25) is 0 Å². The van der Waals surface area contributed by atoms with E-state index in [9.17, 15) is 5.11 Å². The van der Waals surface area contributed by atoms with Crippen LogP contribution in [0, 0.1) is 0 Å². The Hall–Kier alpha value is -0.380. The lowest BCUT2D eigenvalue weighted by Crippen LogP contribution is -2.49. The Labute approximate surface area is 99.0 Å². The Bertz CT molecular complexity index is 330. The number of nitrogens with zero attached hydrogens (tertiary/aromatic N) is 1. The van der Waals surface area contributed by atoms with E-state index in [1.165, 1.54) is 0 Å². The Morgan fingerprint density at radius 1 is 1.40 bits per heavy atom. The van der Waals surface area contributed by atoms with Crippen LogP contribution in [0.5, 0.6) is 0 Å². The van der Waals surface area contributed by atoms with Gasteiger partial charge in [-0.25, -0.2) is 0 Å². The number of piperidine rings is 1. The zero-order valence-electron chi connectivity index (χ0n) is 8.86. The van der Waals surface area contributed by atoms with Gasteiger partial charge in [-0.1, -0.05) is 46.3 Å².